The molecule has 0 aliphatic rings. The highest BCUT2D eigenvalue weighted by Gasteiger charge is 2.21. The van der Waals surface area contributed by atoms with Crippen molar-refractivity contribution in [3.05, 3.63) is 76.0 Å². The fourth-order valence-corrected chi connectivity index (χ4v) is 2.61. The van der Waals surface area contributed by atoms with Crippen LogP contribution in [0.4, 0.5) is 23.4 Å². The van der Waals surface area contributed by atoms with Crippen LogP contribution in [0.25, 0.3) is 0 Å². The maximum absolute atomic E-state index is 13.5. The molecule has 0 amide bonds. The smallest absolute Gasteiger partial charge is 0.283 e. The summed E-state index contributed by atoms with van der Waals surface area (Å²) in [7, 11) is 0. The van der Waals surface area contributed by atoms with E-state index in [4.69, 9.17) is 11.6 Å². The van der Waals surface area contributed by atoms with Crippen molar-refractivity contribution in [2.75, 3.05) is 11.6 Å². The fraction of sp³-hybridized carbons (Fsp3) is 0.222. The second-order valence-corrected chi connectivity index (χ2v) is 5.97. The SMILES string of the molecule is CS.Cc1cnc([C@H](Nc2ccc(F)c(C(F)F)n2)c2ccc(F)c(Cl)c2)[nH]1. The number of aromatic nitrogens is 3. The standard InChI is InChI=1S/C17H13ClF4N4.CH4S/c1-8-7-23-17(24-8)14(9-2-3-11(19)10(18)6-9)25-13-5-4-12(20)15(26-13)16(21)22;1-2/h2-7,14,16H,1H3,(H,23,24)(H,25,26);2H,1H3/t14-;/m1./s1. The van der Waals surface area contributed by atoms with Crippen LogP contribution in [0.1, 0.15) is 35.2 Å². The molecule has 0 saturated carbocycles. The number of halogens is 5. The average Bonchev–Trinajstić information content (AvgIpc) is 3.11. The van der Waals surface area contributed by atoms with Crippen molar-refractivity contribution in [1.82, 2.24) is 15.0 Å². The molecule has 1 atom stereocenters. The summed E-state index contributed by atoms with van der Waals surface area (Å²) >= 11 is 9.37. The minimum atomic E-state index is -3.05. The summed E-state index contributed by atoms with van der Waals surface area (Å²) in [5.41, 5.74) is 0.331. The number of pyridine rings is 1. The summed E-state index contributed by atoms with van der Waals surface area (Å²) in [6.07, 6.45) is 0.221. The van der Waals surface area contributed by atoms with Crippen molar-refractivity contribution < 1.29 is 17.6 Å². The van der Waals surface area contributed by atoms with E-state index in [2.05, 4.69) is 32.9 Å². The number of aryl methyl sites for hydroxylation is 1. The van der Waals surface area contributed by atoms with Crippen LogP contribution in [0, 0.1) is 18.6 Å². The number of nitrogens with zero attached hydrogens (tertiary/aromatic N) is 2. The molecule has 2 heterocycles. The van der Waals surface area contributed by atoms with Gasteiger partial charge >= 0.3 is 0 Å². The molecule has 4 nitrogen and oxygen atoms in total. The summed E-state index contributed by atoms with van der Waals surface area (Å²) in [5.74, 6) is -1.23. The highest BCUT2D eigenvalue weighted by molar-refractivity contribution is 7.79. The summed E-state index contributed by atoms with van der Waals surface area (Å²) in [6.45, 7) is 1.79. The van der Waals surface area contributed by atoms with Gasteiger partial charge in [-0.05, 0) is 43.0 Å². The van der Waals surface area contributed by atoms with Crippen molar-refractivity contribution in [3.63, 3.8) is 0 Å². The Kier molecular flexibility index (Phi) is 7.70. The number of thiol groups is 1. The molecule has 3 aromatic rings. The Morgan fingerprint density at radius 1 is 1.11 bits per heavy atom. The molecule has 3 rings (SSSR count). The van der Waals surface area contributed by atoms with Crippen LogP contribution in [0.3, 0.4) is 0 Å². The maximum Gasteiger partial charge on any atom is 0.283 e. The van der Waals surface area contributed by atoms with Crippen LogP contribution in [-0.2, 0) is 0 Å². The van der Waals surface area contributed by atoms with Gasteiger partial charge in [0.15, 0.2) is 5.82 Å². The third kappa shape index (κ3) is 5.17. The molecule has 0 saturated heterocycles. The normalized spacial score (nSPS) is 11.8. The van der Waals surface area contributed by atoms with Crippen LogP contribution in [-0.4, -0.2) is 21.2 Å². The number of alkyl halides is 2. The number of nitrogens with one attached hydrogen (secondary N) is 2. The lowest BCUT2D eigenvalue weighted by Gasteiger charge is -2.19. The molecular formula is C18H17ClF4N4S. The second kappa shape index (κ2) is 9.79. The van der Waals surface area contributed by atoms with E-state index in [9.17, 15) is 17.6 Å². The van der Waals surface area contributed by atoms with Gasteiger partial charge in [0.2, 0.25) is 0 Å². The molecule has 0 fully saturated rings. The zero-order valence-electron chi connectivity index (χ0n) is 14.9. The van der Waals surface area contributed by atoms with E-state index < -0.39 is 29.8 Å². The lowest BCUT2D eigenvalue weighted by molar-refractivity contribution is 0.140. The number of aromatic amines is 1. The van der Waals surface area contributed by atoms with Gasteiger partial charge in [-0.3, -0.25) is 0 Å². The maximum atomic E-state index is 13.5. The Hall–Kier alpha value is -2.26. The number of rotatable bonds is 5. The van der Waals surface area contributed by atoms with E-state index in [1.165, 1.54) is 24.3 Å². The molecule has 0 radical (unpaired) electrons. The topological polar surface area (TPSA) is 53.6 Å². The van der Waals surface area contributed by atoms with Gasteiger partial charge < -0.3 is 10.3 Å². The van der Waals surface area contributed by atoms with Gasteiger partial charge in [0.05, 0.1) is 5.02 Å². The number of hydrogen-bond donors (Lipinski definition) is 3. The fourth-order valence-electron chi connectivity index (χ4n) is 2.42. The molecule has 0 aliphatic heterocycles. The quantitative estimate of drug-likeness (QED) is 0.356. The van der Waals surface area contributed by atoms with E-state index >= 15 is 0 Å². The van der Waals surface area contributed by atoms with Crippen molar-refractivity contribution in [1.29, 1.82) is 0 Å². The van der Waals surface area contributed by atoms with E-state index in [0.29, 0.717) is 11.4 Å². The number of hydrogen-bond acceptors (Lipinski definition) is 4. The first kappa shape index (κ1) is 22.0. The van der Waals surface area contributed by atoms with Crippen molar-refractivity contribution in [3.8, 4) is 0 Å². The molecule has 10 heteroatoms. The van der Waals surface area contributed by atoms with E-state index in [1.807, 2.05) is 0 Å². The molecule has 0 aliphatic carbocycles. The van der Waals surface area contributed by atoms with Gasteiger partial charge in [-0.15, -0.1) is 0 Å². The zero-order chi connectivity index (χ0) is 20.8. The molecule has 150 valence electrons. The van der Waals surface area contributed by atoms with Gasteiger partial charge in [0.1, 0.15) is 29.2 Å². The zero-order valence-corrected chi connectivity index (χ0v) is 16.5. The van der Waals surface area contributed by atoms with Crippen molar-refractivity contribution in [2.24, 2.45) is 0 Å². The number of anilines is 1. The molecule has 2 N–H and O–H groups in total. The van der Waals surface area contributed by atoms with Crippen LogP contribution in [0.2, 0.25) is 5.02 Å². The number of imidazole rings is 1. The van der Waals surface area contributed by atoms with E-state index in [1.54, 1.807) is 19.4 Å². The van der Waals surface area contributed by atoms with Gasteiger partial charge in [-0.2, -0.15) is 12.6 Å². The Morgan fingerprint density at radius 2 is 1.79 bits per heavy atom. The Labute approximate surface area is 169 Å². The van der Waals surface area contributed by atoms with E-state index in [-0.39, 0.29) is 10.8 Å². The molecule has 2 aromatic heterocycles. The Bertz CT molecular complexity index is 936. The van der Waals surface area contributed by atoms with Crippen molar-refractivity contribution in [2.45, 2.75) is 19.4 Å². The van der Waals surface area contributed by atoms with Gasteiger partial charge in [0.25, 0.3) is 6.43 Å². The van der Waals surface area contributed by atoms with Gasteiger partial charge in [0, 0.05) is 11.9 Å². The molecule has 0 spiro atoms. The van der Waals surface area contributed by atoms with Gasteiger partial charge in [-0.25, -0.2) is 27.5 Å². The molecule has 0 unspecified atom stereocenters. The third-order valence-electron chi connectivity index (χ3n) is 3.64. The second-order valence-electron chi connectivity index (χ2n) is 5.57. The summed E-state index contributed by atoms with van der Waals surface area (Å²) in [4.78, 5) is 10.9. The van der Waals surface area contributed by atoms with Crippen molar-refractivity contribution >= 4 is 30.0 Å². The van der Waals surface area contributed by atoms with Crippen LogP contribution in [0.5, 0.6) is 0 Å². The number of H-pyrrole nitrogens is 1. The predicted molar refractivity (Wildman–Crippen MR) is 104 cm³/mol. The van der Waals surface area contributed by atoms with Crippen LogP contribution >= 0.6 is 24.2 Å². The largest absolute Gasteiger partial charge is 0.356 e. The average molecular weight is 433 g/mol. The first-order chi connectivity index (χ1) is 13.3. The lowest BCUT2D eigenvalue weighted by atomic mass is 10.1. The molecule has 28 heavy (non-hydrogen) atoms. The lowest BCUT2D eigenvalue weighted by Crippen LogP contribution is -2.16. The summed E-state index contributed by atoms with van der Waals surface area (Å²) < 4.78 is 52.7. The first-order valence-corrected chi connectivity index (χ1v) is 9.24. The summed E-state index contributed by atoms with van der Waals surface area (Å²) in [5, 5.41) is 2.81. The molecule has 1 aromatic carbocycles. The first-order valence-electron chi connectivity index (χ1n) is 7.97. The predicted octanol–water partition coefficient (Wildman–Crippen LogP) is 5.73. The molecule has 0 bridgehead atoms. The van der Waals surface area contributed by atoms with Gasteiger partial charge in [-0.1, -0.05) is 17.7 Å². The summed E-state index contributed by atoms with van der Waals surface area (Å²) in [6, 6.07) is 5.50. The third-order valence-corrected chi connectivity index (χ3v) is 3.93. The van der Waals surface area contributed by atoms with Crippen LogP contribution in [0.15, 0.2) is 36.5 Å². The van der Waals surface area contributed by atoms with Crippen LogP contribution < -0.4 is 5.32 Å². The highest BCUT2D eigenvalue weighted by atomic mass is 35.5. The van der Waals surface area contributed by atoms with E-state index in [0.717, 1.165) is 11.8 Å². The Balaban J connectivity index is 0.00000136. The highest BCUT2D eigenvalue weighted by Crippen LogP contribution is 2.29. The Morgan fingerprint density at radius 3 is 2.36 bits per heavy atom. The number of benzene rings is 1. The minimum Gasteiger partial charge on any atom is -0.356 e. The molecular weight excluding hydrogens is 416 g/mol. The minimum absolute atomic E-state index is 0.0150. The monoisotopic (exact) mass is 432 g/mol.